The summed E-state index contributed by atoms with van der Waals surface area (Å²) in [4.78, 5) is 15.0. The molecule has 3 aliphatic rings. The minimum absolute atomic E-state index is 0.0247. The van der Waals surface area contributed by atoms with Crippen LogP contribution in [0.4, 0.5) is 4.39 Å². The van der Waals surface area contributed by atoms with Crippen molar-refractivity contribution in [1.82, 2.24) is 30.0 Å². The molecule has 3 N–H and O–H groups in total. The van der Waals surface area contributed by atoms with E-state index in [-0.39, 0.29) is 17.9 Å². The highest BCUT2D eigenvalue weighted by molar-refractivity contribution is 5.94. The van der Waals surface area contributed by atoms with Gasteiger partial charge in [0, 0.05) is 38.8 Å². The lowest BCUT2D eigenvalue weighted by molar-refractivity contribution is 0.124. The maximum absolute atomic E-state index is 13.8. The molecular formula is C29H38FN7. The highest BCUT2D eigenvalue weighted by atomic mass is 19.1. The number of rotatable bonds is 6. The number of nitrogens with one attached hydrogen (secondary N) is 3. The lowest BCUT2D eigenvalue weighted by Crippen LogP contribution is -2.50. The predicted octanol–water partition coefficient (Wildman–Crippen LogP) is 4.83. The molecule has 0 spiro atoms. The number of amidine groups is 1. The topological polar surface area (TPSA) is 74.3 Å². The number of benzene rings is 1. The van der Waals surface area contributed by atoms with Gasteiger partial charge in [0.05, 0.1) is 24.0 Å². The van der Waals surface area contributed by atoms with Crippen LogP contribution in [0.15, 0.2) is 60.6 Å². The van der Waals surface area contributed by atoms with Gasteiger partial charge in [-0.1, -0.05) is 24.3 Å². The fourth-order valence-corrected chi connectivity index (χ4v) is 5.50. The second kappa shape index (κ2) is 11.3. The number of hydrogen-bond donors (Lipinski definition) is 3. The number of likely N-dealkylation sites (tertiary alicyclic amines) is 1. The number of imidazole rings is 1. The Balaban J connectivity index is 1.20. The molecule has 0 amide bonds. The van der Waals surface area contributed by atoms with E-state index in [0.717, 1.165) is 74.9 Å². The smallest absolute Gasteiger partial charge is 0.130 e. The van der Waals surface area contributed by atoms with E-state index < -0.39 is 0 Å². The summed E-state index contributed by atoms with van der Waals surface area (Å²) in [6.45, 7) is 9.50. The summed E-state index contributed by atoms with van der Waals surface area (Å²) in [5.74, 6) is 2.07. The molecule has 8 heteroatoms. The average molecular weight is 504 g/mol. The van der Waals surface area contributed by atoms with Gasteiger partial charge in [-0.2, -0.15) is 0 Å². The number of allylic oxidation sites excluding steroid dienone is 2. The van der Waals surface area contributed by atoms with Gasteiger partial charge in [0.15, 0.2) is 0 Å². The zero-order valence-electron chi connectivity index (χ0n) is 21.8. The van der Waals surface area contributed by atoms with Crippen molar-refractivity contribution >= 4 is 11.9 Å². The van der Waals surface area contributed by atoms with Crippen LogP contribution in [0, 0.1) is 11.2 Å². The van der Waals surface area contributed by atoms with Crippen LogP contribution in [0.3, 0.4) is 0 Å². The van der Waals surface area contributed by atoms with Crippen molar-refractivity contribution < 1.29 is 4.39 Å². The summed E-state index contributed by atoms with van der Waals surface area (Å²) in [6, 6.07) is 7.41. The first-order chi connectivity index (χ1) is 18.0. The Kier molecular flexibility index (Phi) is 7.74. The summed E-state index contributed by atoms with van der Waals surface area (Å²) in [5, 5.41) is 12.4. The van der Waals surface area contributed by atoms with Crippen LogP contribution < -0.4 is 5.32 Å². The maximum atomic E-state index is 13.8. The van der Waals surface area contributed by atoms with Gasteiger partial charge >= 0.3 is 0 Å². The van der Waals surface area contributed by atoms with Crippen LogP contribution in [0.2, 0.25) is 0 Å². The predicted molar refractivity (Wildman–Crippen MR) is 146 cm³/mol. The second-order valence-corrected chi connectivity index (χ2v) is 10.4. The highest BCUT2D eigenvalue weighted by Crippen LogP contribution is 2.31. The Morgan fingerprint density at radius 2 is 2.00 bits per heavy atom. The molecule has 2 aromatic rings. The first kappa shape index (κ1) is 25.3. The molecule has 0 radical (unpaired) electrons. The van der Waals surface area contributed by atoms with E-state index >= 15 is 0 Å². The van der Waals surface area contributed by atoms with Crippen LogP contribution in [0.1, 0.15) is 62.3 Å². The number of hydrogen-bond acceptors (Lipinski definition) is 5. The van der Waals surface area contributed by atoms with E-state index in [4.69, 9.17) is 5.41 Å². The minimum Gasteiger partial charge on any atom is -0.360 e. The normalized spacial score (nSPS) is 23.0. The Bertz CT molecular complexity index is 1170. The average Bonchev–Trinajstić information content (AvgIpc) is 3.41. The molecule has 1 aromatic heterocycles. The van der Waals surface area contributed by atoms with Gasteiger partial charge in [-0.05, 0) is 69.0 Å². The Morgan fingerprint density at radius 3 is 2.78 bits per heavy atom. The third-order valence-electron chi connectivity index (χ3n) is 7.64. The number of halogens is 1. The molecule has 2 atom stereocenters. The van der Waals surface area contributed by atoms with Crippen molar-refractivity contribution in [2.45, 2.75) is 51.2 Å². The van der Waals surface area contributed by atoms with Gasteiger partial charge in [-0.15, -0.1) is 0 Å². The number of aromatic nitrogens is 2. The fraction of sp³-hybridized carbons (Fsp3) is 0.448. The molecule has 5 rings (SSSR count). The van der Waals surface area contributed by atoms with Crippen molar-refractivity contribution in [2.75, 3.05) is 32.7 Å². The van der Waals surface area contributed by atoms with Crippen molar-refractivity contribution in [1.29, 1.82) is 5.41 Å². The quantitative estimate of drug-likeness (QED) is 0.389. The first-order valence-corrected chi connectivity index (χ1v) is 13.5. The van der Waals surface area contributed by atoms with Crippen molar-refractivity contribution in [3.8, 4) is 0 Å². The molecule has 2 unspecified atom stereocenters. The van der Waals surface area contributed by atoms with Crippen LogP contribution in [0.25, 0.3) is 6.08 Å². The van der Waals surface area contributed by atoms with E-state index in [1.807, 2.05) is 18.3 Å². The van der Waals surface area contributed by atoms with Gasteiger partial charge in [0.1, 0.15) is 23.3 Å². The molecular weight excluding hydrogens is 465 g/mol. The Labute approximate surface area is 219 Å². The molecule has 2 fully saturated rings. The fourth-order valence-electron chi connectivity index (χ4n) is 5.50. The van der Waals surface area contributed by atoms with Gasteiger partial charge in [-0.25, -0.2) is 9.37 Å². The molecule has 37 heavy (non-hydrogen) atoms. The number of piperazine rings is 1. The van der Waals surface area contributed by atoms with E-state index in [1.165, 1.54) is 6.07 Å². The van der Waals surface area contributed by atoms with E-state index in [9.17, 15) is 4.39 Å². The molecule has 0 bridgehead atoms. The lowest BCUT2D eigenvalue weighted by atomic mass is 9.95. The largest absolute Gasteiger partial charge is 0.360 e. The SMILES string of the molecule is CC(C)N1CCN(C2=CC=CC(c3cnc(/C=C\C(=N)N4CCCCC4c4cccc(F)c4)[nH]3)N2)CC1. The highest BCUT2D eigenvalue weighted by Gasteiger charge is 2.26. The van der Waals surface area contributed by atoms with E-state index in [1.54, 1.807) is 18.2 Å². The lowest BCUT2D eigenvalue weighted by Gasteiger charge is -2.40. The first-order valence-electron chi connectivity index (χ1n) is 13.5. The monoisotopic (exact) mass is 503 g/mol. The van der Waals surface area contributed by atoms with E-state index in [2.05, 4.69) is 62.1 Å². The third-order valence-corrected chi connectivity index (χ3v) is 7.64. The molecule has 4 heterocycles. The van der Waals surface area contributed by atoms with Gasteiger partial charge in [0.25, 0.3) is 0 Å². The zero-order chi connectivity index (χ0) is 25.8. The summed E-state index contributed by atoms with van der Waals surface area (Å²) in [7, 11) is 0. The van der Waals surface area contributed by atoms with Crippen LogP contribution >= 0.6 is 0 Å². The summed E-state index contributed by atoms with van der Waals surface area (Å²) in [5.41, 5.74) is 1.92. The number of aromatic amines is 1. The van der Waals surface area contributed by atoms with Crippen molar-refractivity contribution in [3.05, 3.63) is 83.5 Å². The maximum Gasteiger partial charge on any atom is 0.130 e. The number of dihydropyridines is 1. The molecule has 0 aliphatic carbocycles. The second-order valence-electron chi connectivity index (χ2n) is 10.4. The Morgan fingerprint density at radius 1 is 1.16 bits per heavy atom. The van der Waals surface area contributed by atoms with Crippen LogP contribution in [0.5, 0.6) is 0 Å². The van der Waals surface area contributed by atoms with Gasteiger partial charge < -0.3 is 20.1 Å². The van der Waals surface area contributed by atoms with Gasteiger partial charge in [-0.3, -0.25) is 10.3 Å². The molecule has 7 nitrogen and oxygen atoms in total. The summed E-state index contributed by atoms with van der Waals surface area (Å²) >= 11 is 0. The van der Waals surface area contributed by atoms with Crippen LogP contribution in [-0.2, 0) is 0 Å². The zero-order valence-corrected chi connectivity index (χ0v) is 21.8. The van der Waals surface area contributed by atoms with Crippen molar-refractivity contribution in [2.24, 2.45) is 0 Å². The molecule has 196 valence electrons. The molecule has 0 saturated carbocycles. The Hall–Kier alpha value is -3.39. The van der Waals surface area contributed by atoms with Crippen molar-refractivity contribution in [3.63, 3.8) is 0 Å². The van der Waals surface area contributed by atoms with E-state index in [0.29, 0.717) is 11.9 Å². The number of piperidine rings is 1. The van der Waals surface area contributed by atoms with Crippen LogP contribution in [-0.4, -0.2) is 69.3 Å². The summed E-state index contributed by atoms with van der Waals surface area (Å²) < 4.78 is 13.8. The molecule has 1 aromatic carbocycles. The summed E-state index contributed by atoms with van der Waals surface area (Å²) in [6.07, 6.45) is 15.0. The number of nitrogens with zero attached hydrogens (tertiary/aromatic N) is 4. The molecule has 2 saturated heterocycles. The minimum atomic E-state index is -0.227. The third kappa shape index (κ3) is 5.96. The molecule has 3 aliphatic heterocycles. The number of H-pyrrole nitrogens is 1. The standard InChI is InChI=1S/C29H38FN7/c1-21(2)35-15-17-36(18-16-35)29-11-6-9-24(34-29)25-20-32-28(33-25)13-12-27(31)37-14-4-3-10-26(37)22-7-5-8-23(30)19-22/h5-9,11-13,19-21,24,26,31,34H,3-4,10,14-18H2,1-2H3,(H,32,33)/b13-12-,31-27?. The van der Waals surface area contributed by atoms with Gasteiger partial charge in [0.2, 0.25) is 0 Å².